The molecule has 1 aliphatic heterocycles. The number of carbonyl (C=O) groups is 5. The van der Waals surface area contributed by atoms with Gasteiger partial charge in [0.1, 0.15) is 17.8 Å². The Hall–Kier alpha value is -4.77. The molecular weight excluding hydrogens is 552 g/mol. The number of phenolic OH excluding ortho intramolecular Hbond substituents is 1. The van der Waals surface area contributed by atoms with Gasteiger partial charge in [0.25, 0.3) is 11.8 Å². The normalized spacial score (nSPS) is 14.8. The zero-order valence-corrected chi connectivity index (χ0v) is 24.3. The SMILES string of the molecule is CNC(=O)[C@H](Cc1ccc(O)cc1)NC(=O)[C@H](CC(C)C)N[C@H](CCN1C(=O)c2cc3ccccc3cc2C1=O)C(=O)O. The Morgan fingerprint density at radius 1 is 0.837 bits per heavy atom. The quantitative estimate of drug-likeness (QED) is 0.190. The number of fused-ring (bicyclic) bond motifs is 2. The molecule has 3 atom stereocenters. The number of nitrogens with zero attached hydrogens (tertiary/aromatic N) is 1. The molecule has 5 N–H and O–H groups in total. The summed E-state index contributed by atoms with van der Waals surface area (Å²) in [6, 6.07) is 13.8. The van der Waals surface area contributed by atoms with Crippen LogP contribution in [-0.4, -0.2) is 76.4 Å². The minimum Gasteiger partial charge on any atom is -0.508 e. The Morgan fingerprint density at radius 2 is 1.42 bits per heavy atom. The van der Waals surface area contributed by atoms with Crippen molar-refractivity contribution in [3.8, 4) is 5.75 Å². The van der Waals surface area contributed by atoms with Crippen LogP contribution in [0.4, 0.5) is 0 Å². The van der Waals surface area contributed by atoms with E-state index in [0.29, 0.717) is 5.56 Å². The van der Waals surface area contributed by atoms with E-state index in [2.05, 4.69) is 16.0 Å². The minimum absolute atomic E-state index is 0.00128. The third-order valence-electron chi connectivity index (χ3n) is 7.46. The van der Waals surface area contributed by atoms with E-state index in [4.69, 9.17) is 0 Å². The van der Waals surface area contributed by atoms with E-state index in [1.165, 1.54) is 19.2 Å². The van der Waals surface area contributed by atoms with Crippen molar-refractivity contribution in [2.45, 2.75) is 51.2 Å². The summed E-state index contributed by atoms with van der Waals surface area (Å²) in [6.07, 6.45) is 0.292. The summed E-state index contributed by atoms with van der Waals surface area (Å²) in [7, 11) is 1.45. The molecular formula is C32H36N4O7. The Labute approximate surface area is 249 Å². The number of hydrogen-bond acceptors (Lipinski definition) is 7. The average Bonchev–Trinajstić information content (AvgIpc) is 3.21. The van der Waals surface area contributed by atoms with Gasteiger partial charge in [0, 0.05) is 20.0 Å². The molecule has 4 rings (SSSR count). The first-order chi connectivity index (χ1) is 20.5. The number of aliphatic carboxylic acids is 1. The van der Waals surface area contributed by atoms with E-state index in [1.807, 2.05) is 38.1 Å². The van der Waals surface area contributed by atoms with Crippen LogP contribution in [0.5, 0.6) is 5.75 Å². The first kappa shape index (κ1) is 31.2. The zero-order valence-electron chi connectivity index (χ0n) is 24.3. The van der Waals surface area contributed by atoms with Gasteiger partial charge in [0.05, 0.1) is 17.2 Å². The monoisotopic (exact) mass is 588 g/mol. The molecule has 0 unspecified atom stereocenters. The fourth-order valence-electron chi connectivity index (χ4n) is 5.21. The van der Waals surface area contributed by atoms with Gasteiger partial charge in [-0.25, -0.2) is 0 Å². The van der Waals surface area contributed by atoms with Crippen molar-refractivity contribution in [1.82, 2.24) is 20.9 Å². The molecule has 0 fully saturated rings. The fraction of sp³-hybridized carbons (Fsp3) is 0.344. The molecule has 3 aromatic carbocycles. The molecule has 0 saturated heterocycles. The number of likely N-dealkylation sites (N-methyl/N-ethyl adjacent to an activating group) is 1. The van der Waals surface area contributed by atoms with Crippen molar-refractivity contribution in [1.29, 1.82) is 0 Å². The number of rotatable bonds is 13. The first-order valence-corrected chi connectivity index (χ1v) is 14.2. The molecule has 0 aliphatic carbocycles. The second kappa shape index (κ2) is 13.5. The lowest BCUT2D eigenvalue weighted by Crippen LogP contribution is -2.56. The third kappa shape index (κ3) is 7.36. The number of benzene rings is 3. The summed E-state index contributed by atoms with van der Waals surface area (Å²) in [5.74, 6) is -3.14. The molecule has 0 saturated carbocycles. The predicted molar refractivity (Wildman–Crippen MR) is 160 cm³/mol. The second-order valence-electron chi connectivity index (χ2n) is 11.1. The lowest BCUT2D eigenvalue weighted by molar-refractivity contribution is -0.140. The number of hydrogen-bond donors (Lipinski definition) is 5. The molecule has 0 bridgehead atoms. The maximum atomic E-state index is 13.4. The van der Waals surface area contributed by atoms with E-state index in [-0.39, 0.29) is 48.6 Å². The summed E-state index contributed by atoms with van der Waals surface area (Å²) in [5, 5.41) is 29.4. The molecule has 11 heteroatoms. The first-order valence-electron chi connectivity index (χ1n) is 14.2. The summed E-state index contributed by atoms with van der Waals surface area (Å²) in [5.41, 5.74) is 1.25. The van der Waals surface area contributed by atoms with Crippen LogP contribution >= 0.6 is 0 Å². The van der Waals surface area contributed by atoms with Crippen LogP contribution in [0.1, 0.15) is 53.0 Å². The van der Waals surface area contributed by atoms with Crippen LogP contribution in [0.25, 0.3) is 10.8 Å². The largest absolute Gasteiger partial charge is 0.508 e. The Balaban J connectivity index is 1.47. The molecule has 1 heterocycles. The van der Waals surface area contributed by atoms with Crippen LogP contribution in [0.3, 0.4) is 0 Å². The predicted octanol–water partition coefficient (Wildman–Crippen LogP) is 2.46. The van der Waals surface area contributed by atoms with Crippen LogP contribution < -0.4 is 16.0 Å². The Morgan fingerprint density at radius 3 is 1.93 bits per heavy atom. The lowest BCUT2D eigenvalue weighted by atomic mass is 9.99. The number of carboxylic acid groups (broad SMARTS) is 1. The molecule has 3 aromatic rings. The molecule has 11 nitrogen and oxygen atoms in total. The minimum atomic E-state index is -1.26. The number of nitrogens with one attached hydrogen (secondary N) is 3. The molecule has 0 radical (unpaired) electrons. The molecule has 1 aliphatic rings. The summed E-state index contributed by atoms with van der Waals surface area (Å²) < 4.78 is 0. The lowest BCUT2D eigenvalue weighted by Gasteiger charge is -2.27. The number of imide groups is 1. The number of carbonyl (C=O) groups excluding carboxylic acids is 4. The fourth-order valence-corrected chi connectivity index (χ4v) is 5.21. The molecule has 0 aromatic heterocycles. The van der Waals surface area contributed by atoms with E-state index < -0.39 is 47.7 Å². The highest BCUT2D eigenvalue weighted by Gasteiger charge is 2.37. The van der Waals surface area contributed by atoms with Gasteiger partial charge in [0.2, 0.25) is 11.8 Å². The van der Waals surface area contributed by atoms with E-state index in [0.717, 1.165) is 15.7 Å². The smallest absolute Gasteiger partial charge is 0.320 e. The van der Waals surface area contributed by atoms with Crippen molar-refractivity contribution >= 4 is 40.4 Å². The number of phenols is 1. The van der Waals surface area contributed by atoms with Crippen LogP contribution in [0.15, 0.2) is 60.7 Å². The summed E-state index contributed by atoms with van der Waals surface area (Å²) in [4.78, 5) is 65.6. The van der Waals surface area contributed by atoms with E-state index in [9.17, 15) is 34.2 Å². The van der Waals surface area contributed by atoms with Crippen molar-refractivity contribution in [2.75, 3.05) is 13.6 Å². The van der Waals surface area contributed by atoms with Gasteiger partial charge in [0.15, 0.2) is 0 Å². The van der Waals surface area contributed by atoms with Crippen LogP contribution in [0.2, 0.25) is 0 Å². The molecule has 226 valence electrons. The van der Waals surface area contributed by atoms with Gasteiger partial charge in [-0.1, -0.05) is 50.2 Å². The number of amides is 4. The van der Waals surface area contributed by atoms with Crippen molar-refractivity contribution in [2.24, 2.45) is 5.92 Å². The zero-order chi connectivity index (χ0) is 31.3. The van der Waals surface area contributed by atoms with Gasteiger partial charge in [-0.3, -0.25) is 34.2 Å². The van der Waals surface area contributed by atoms with Crippen LogP contribution in [0, 0.1) is 5.92 Å². The highest BCUT2D eigenvalue weighted by Crippen LogP contribution is 2.28. The van der Waals surface area contributed by atoms with Gasteiger partial charge in [-0.15, -0.1) is 0 Å². The van der Waals surface area contributed by atoms with Crippen LogP contribution in [-0.2, 0) is 20.8 Å². The van der Waals surface area contributed by atoms with Gasteiger partial charge < -0.3 is 20.8 Å². The van der Waals surface area contributed by atoms with E-state index >= 15 is 0 Å². The molecule has 0 spiro atoms. The average molecular weight is 589 g/mol. The number of carboxylic acids is 1. The third-order valence-corrected chi connectivity index (χ3v) is 7.46. The molecule has 4 amide bonds. The van der Waals surface area contributed by atoms with E-state index in [1.54, 1.807) is 24.3 Å². The Bertz CT molecular complexity index is 1480. The number of aromatic hydroxyl groups is 1. The summed E-state index contributed by atoms with van der Waals surface area (Å²) in [6.45, 7) is 3.60. The molecule has 43 heavy (non-hydrogen) atoms. The van der Waals surface area contributed by atoms with Gasteiger partial charge >= 0.3 is 5.97 Å². The van der Waals surface area contributed by atoms with Crippen molar-refractivity contribution in [3.63, 3.8) is 0 Å². The van der Waals surface area contributed by atoms with Crippen molar-refractivity contribution < 1.29 is 34.2 Å². The topological polar surface area (TPSA) is 165 Å². The highest BCUT2D eigenvalue weighted by atomic mass is 16.4. The highest BCUT2D eigenvalue weighted by molar-refractivity contribution is 6.23. The van der Waals surface area contributed by atoms with Crippen molar-refractivity contribution in [3.05, 3.63) is 77.4 Å². The maximum absolute atomic E-state index is 13.4. The summed E-state index contributed by atoms with van der Waals surface area (Å²) >= 11 is 0. The maximum Gasteiger partial charge on any atom is 0.320 e. The van der Waals surface area contributed by atoms with Gasteiger partial charge in [-0.2, -0.15) is 0 Å². The standard InChI is InChI=1S/C32H36N4O7/c1-18(2)14-26(29(39)35-27(28(38)33-3)15-19-8-10-22(37)11-9-19)34-25(32(42)43)12-13-36-30(40)23-16-20-6-4-5-7-21(20)17-24(23)31(36)41/h4-11,16-18,25-27,34,37H,12-15H2,1-3H3,(H,33,38)(H,35,39)(H,42,43)/t25-,26+,27+/m1/s1. The van der Waals surface area contributed by atoms with Gasteiger partial charge in [-0.05, 0) is 59.4 Å². The Kier molecular flexibility index (Phi) is 9.77. The second-order valence-corrected chi connectivity index (χ2v) is 11.1.